The molecule has 1 unspecified atom stereocenters. The molecule has 0 saturated carbocycles. The molecular formula is C20H22FNO. The standard InChI is InChI=1S/C20H22FNO/c1-2-22(14-15-6-5-8-18(21)12-15)20(23)13-17-11-10-16-7-3-4-9-19(16)17/h3-9,12,17H,2,10-11,13-14H2,1H3. The number of benzene rings is 2. The van der Waals surface area contributed by atoms with Gasteiger partial charge >= 0.3 is 0 Å². The van der Waals surface area contributed by atoms with Gasteiger partial charge in [-0.25, -0.2) is 4.39 Å². The summed E-state index contributed by atoms with van der Waals surface area (Å²) < 4.78 is 13.3. The zero-order valence-electron chi connectivity index (χ0n) is 13.5. The molecule has 1 aliphatic carbocycles. The van der Waals surface area contributed by atoms with E-state index in [1.807, 2.05) is 24.0 Å². The molecule has 0 aliphatic heterocycles. The first-order chi connectivity index (χ1) is 11.2. The third-order valence-electron chi connectivity index (χ3n) is 4.67. The molecule has 2 aromatic rings. The van der Waals surface area contributed by atoms with Gasteiger partial charge < -0.3 is 4.90 Å². The molecule has 0 saturated heterocycles. The van der Waals surface area contributed by atoms with Gasteiger partial charge in [0.1, 0.15) is 5.82 Å². The summed E-state index contributed by atoms with van der Waals surface area (Å²) in [5.74, 6) is 0.217. The van der Waals surface area contributed by atoms with Gasteiger partial charge in [-0.3, -0.25) is 4.79 Å². The molecule has 1 amide bonds. The van der Waals surface area contributed by atoms with Crippen molar-refractivity contribution >= 4 is 5.91 Å². The van der Waals surface area contributed by atoms with E-state index in [0.717, 1.165) is 18.4 Å². The zero-order chi connectivity index (χ0) is 16.2. The molecule has 23 heavy (non-hydrogen) atoms. The number of carbonyl (C=O) groups excluding carboxylic acids is 1. The maximum Gasteiger partial charge on any atom is 0.223 e. The van der Waals surface area contributed by atoms with Gasteiger partial charge in [0.25, 0.3) is 0 Å². The number of aryl methyl sites for hydroxylation is 1. The van der Waals surface area contributed by atoms with E-state index in [-0.39, 0.29) is 11.7 Å². The Kier molecular flexibility index (Phi) is 4.75. The van der Waals surface area contributed by atoms with Crippen molar-refractivity contribution in [1.82, 2.24) is 4.90 Å². The van der Waals surface area contributed by atoms with E-state index in [2.05, 4.69) is 18.2 Å². The number of fused-ring (bicyclic) bond motifs is 1. The quantitative estimate of drug-likeness (QED) is 0.806. The van der Waals surface area contributed by atoms with Gasteiger partial charge in [-0.2, -0.15) is 0 Å². The predicted molar refractivity (Wildman–Crippen MR) is 89.6 cm³/mol. The minimum Gasteiger partial charge on any atom is -0.339 e. The fourth-order valence-corrected chi connectivity index (χ4v) is 3.43. The van der Waals surface area contributed by atoms with Crippen LogP contribution in [-0.4, -0.2) is 17.4 Å². The number of nitrogens with zero attached hydrogens (tertiary/aromatic N) is 1. The summed E-state index contributed by atoms with van der Waals surface area (Å²) in [4.78, 5) is 14.5. The lowest BCUT2D eigenvalue weighted by molar-refractivity contribution is -0.132. The molecule has 0 spiro atoms. The average Bonchev–Trinajstić information content (AvgIpc) is 2.96. The number of amides is 1. The first-order valence-corrected chi connectivity index (χ1v) is 8.27. The van der Waals surface area contributed by atoms with Crippen LogP contribution in [0.2, 0.25) is 0 Å². The van der Waals surface area contributed by atoms with Crippen molar-refractivity contribution in [2.24, 2.45) is 0 Å². The van der Waals surface area contributed by atoms with Crippen LogP contribution in [0.5, 0.6) is 0 Å². The molecule has 0 fully saturated rings. The Labute approximate surface area is 136 Å². The molecule has 0 radical (unpaired) electrons. The SMILES string of the molecule is CCN(Cc1cccc(F)c1)C(=O)CC1CCc2ccccc21. The molecule has 2 nitrogen and oxygen atoms in total. The molecule has 0 heterocycles. The fourth-order valence-electron chi connectivity index (χ4n) is 3.43. The fraction of sp³-hybridized carbons (Fsp3) is 0.350. The summed E-state index contributed by atoms with van der Waals surface area (Å²) in [5, 5.41) is 0. The molecular weight excluding hydrogens is 289 g/mol. The molecule has 1 atom stereocenters. The monoisotopic (exact) mass is 311 g/mol. The summed E-state index contributed by atoms with van der Waals surface area (Å²) in [6, 6.07) is 14.9. The van der Waals surface area contributed by atoms with Crippen molar-refractivity contribution < 1.29 is 9.18 Å². The highest BCUT2D eigenvalue weighted by atomic mass is 19.1. The van der Waals surface area contributed by atoms with Crippen LogP contribution in [0.1, 0.15) is 42.4 Å². The molecule has 3 heteroatoms. The van der Waals surface area contributed by atoms with E-state index in [1.54, 1.807) is 6.07 Å². The Balaban J connectivity index is 1.67. The highest BCUT2D eigenvalue weighted by molar-refractivity contribution is 5.77. The second-order valence-electron chi connectivity index (χ2n) is 6.18. The Hall–Kier alpha value is -2.16. The predicted octanol–water partition coefficient (Wildman–Crippen LogP) is 4.29. The minimum atomic E-state index is -0.254. The van der Waals surface area contributed by atoms with E-state index in [1.165, 1.54) is 23.3 Å². The molecule has 120 valence electrons. The number of hydrogen-bond donors (Lipinski definition) is 0. The lowest BCUT2D eigenvalue weighted by Gasteiger charge is -2.23. The van der Waals surface area contributed by atoms with Crippen molar-refractivity contribution in [3.05, 3.63) is 71.0 Å². The topological polar surface area (TPSA) is 20.3 Å². The van der Waals surface area contributed by atoms with Crippen LogP contribution < -0.4 is 0 Å². The Morgan fingerprint density at radius 2 is 2.04 bits per heavy atom. The molecule has 3 rings (SSSR count). The normalized spacial score (nSPS) is 16.2. The van der Waals surface area contributed by atoms with Crippen molar-refractivity contribution in [1.29, 1.82) is 0 Å². The van der Waals surface area contributed by atoms with Crippen molar-refractivity contribution in [2.45, 2.75) is 38.6 Å². The van der Waals surface area contributed by atoms with Crippen LogP contribution in [0.15, 0.2) is 48.5 Å². The first kappa shape index (κ1) is 15.7. The molecule has 1 aliphatic rings. The molecule has 0 aromatic heterocycles. The van der Waals surface area contributed by atoms with Crippen LogP contribution in [0.25, 0.3) is 0 Å². The minimum absolute atomic E-state index is 0.151. The highest BCUT2D eigenvalue weighted by Crippen LogP contribution is 2.35. The maximum atomic E-state index is 13.3. The summed E-state index contributed by atoms with van der Waals surface area (Å²) >= 11 is 0. The van der Waals surface area contributed by atoms with Gasteiger partial charge in [-0.15, -0.1) is 0 Å². The molecule has 0 bridgehead atoms. The lowest BCUT2D eigenvalue weighted by atomic mass is 9.97. The van der Waals surface area contributed by atoms with E-state index in [9.17, 15) is 9.18 Å². The number of hydrogen-bond acceptors (Lipinski definition) is 1. The number of rotatable bonds is 5. The summed E-state index contributed by atoms with van der Waals surface area (Å²) in [5.41, 5.74) is 3.54. The maximum absolute atomic E-state index is 13.3. The summed E-state index contributed by atoms with van der Waals surface area (Å²) in [6.45, 7) is 3.09. The number of halogens is 1. The van der Waals surface area contributed by atoms with E-state index >= 15 is 0 Å². The molecule has 2 aromatic carbocycles. The second kappa shape index (κ2) is 6.95. The Bertz CT molecular complexity index is 698. The van der Waals surface area contributed by atoms with Crippen LogP contribution in [0.3, 0.4) is 0 Å². The van der Waals surface area contributed by atoms with Crippen LogP contribution >= 0.6 is 0 Å². The van der Waals surface area contributed by atoms with E-state index in [4.69, 9.17) is 0 Å². The average molecular weight is 311 g/mol. The second-order valence-corrected chi connectivity index (χ2v) is 6.18. The van der Waals surface area contributed by atoms with Crippen molar-refractivity contribution in [3.8, 4) is 0 Å². The largest absolute Gasteiger partial charge is 0.339 e. The van der Waals surface area contributed by atoms with Gasteiger partial charge in [0.15, 0.2) is 0 Å². The zero-order valence-corrected chi connectivity index (χ0v) is 13.5. The van der Waals surface area contributed by atoms with Gasteiger partial charge in [0.2, 0.25) is 5.91 Å². The first-order valence-electron chi connectivity index (χ1n) is 8.27. The van der Waals surface area contributed by atoms with Crippen molar-refractivity contribution in [3.63, 3.8) is 0 Å². The van der Waals surface area contributed by atoms with Gasteiger partial charge in [0, 0.05) is 19.5 Å². The van der Waals surface area contributed by atoms with Crippen LogP contribution in [-0.2, 0) is 17.8 Å². The van der Waals surface area contributed by atoms with E-state index < -0.39 is 0 Å². The van der Waals surface area contributed by atoms with Crippen LogP contribution in [0.4, 0.5) is 4.39 Å². The third-order valence-corrected chi connectivity index (χ3v) is 4.67. The van der Waals surface area contributed by atoms with Gasteiger partial charge in [-0.05, 0) is 54.5 Å². The lowest BCUT2D eigenvalue weighted by Crippen LogP contribution is -2.31. The highest BCUT2D eigenvalue weighted by Gasteiger charge is 2.26. The summed E-state index contributed by atoms with van der Waals surface area (Å²) in [7, 11) is 0. The Morgan fingerprint density at radius 3 is 2.83 bits per heavy atom. The van der Waals surface area contributed by atoms with Gasteiger partial charge in [-0.1, -0.05) is 36.4 Å². The number of carbonyl (C=O) groups is 1. The van der Waals surface area contributed by atoms with E-state index in [0.29, 0.717) is 25.4 Å². The van der Waals surface area contributed by atoms with Crippen LogP contribution in [0, 0.1) is 5.82 Å². The Morgan fingerprint density at radius 1 is 1.22 bits per heavy atom. The smallest absolute Gasteiger partial charge is 0.223 e. The summed E-state index contributed by atoms with van der Waals surface area (Å²) in [6.07, 6.45) is 2.65. The third kappa shape index (κ3) is 3.61. The van der Waals surface area contributed by atoms with Crippen molar-refractivity contribution in [2.75, 3.05) is 6.54 Å². The molecule has 0 N–H and O–H groups in total. The van der Waals surface area contributed by atoms with Gasteiger partial charge in [0.05, 0.1) is 0 Å².